The largest absolute Gasteiger partial charge is 0.396 e. The van der Waals surface area contributed by atoms with E-state index in [0.717, 1.165) is 19.4 Å². The van der Waals surface area contributed by atoms with Crippen molar-refractivity contribution in [3.63, 3.8) is 0 Å². The molecule has 0 spiro atoms. The van der Waals surface area contributed by atoms with Crippen LogP contribution in [0.1, 0.15) is 32.3 Å². The van der Waals surface area contributed by atoms with Crippen molar-refractivity contribution in [1.29, 1.82) is 0 Å². The highest BCUT2D eigenvalue weighted by molar-refractivity contribution is 6.30. The molecule has 0 saturated heterocycles. The lowest BCUT2D eigenvalue weighted by Gasteiger charge is -2.24. The zero-order valence-corrected chi connectivity index (χ0v) is 11.7. The number of halogens is 2. The molecule has 0 aliphatic rings. The van der Waals surface area contributed by atoms with E-state index in [1.807, 2.05) is 0 Å². The summed E-state index contributed by atoms with van der Waals surface area (Å²) in [6.45, 7) is 5.72. The first kappa shape index (κ1) is 15.4. The number of hydrogen-bond donors (Lipinski definition) is 2. The first-order chi connectivity index (χ1) is 8.44. The predicted octanol–water partition coefficient (Wildman–Crippen LogP) is 3.37. The zero-order valence-electron chi connectivity index (χ0n) is 11.0. The van der Waals surface area contributed by atoms with Crippen LogP contribution >= 0.6 is 11.6 Å². The third-order valence-corrected chi connectivity index (χ3v) is 3.17. The van der Waals surface area contributed by atoms with E-state index >= 15 is 0 Å². The molecule has 1 aromatic rings. The standard InChI is InChI=1S/C14H21ClFNO/c1-14(2,6-3-7-18)10-17-9-11-8-12(15)4-5-13(11)16/h4-5,8,17-18H,3,6-7,9-10H2,1-2H3. The van der Waals surface area contributed by atoms with Gasteiger partial charge in [-0.15, -0.1) is 0 Å². The SMILES string of the molecule is CC(C)(CCCO)CNCc1cc(Cl)ccc1F. The lowest BCUT2D eigenvalue weighted by molar-refractivity contribution is 0.236. The van der Waals surface area contributed by atoms with Gasteiger partial charge in [-0.05, 0) is 36.5 Å². The van der Waals surface area contributed by atoms with E-state index in [1.54, 1.807) is 12.1 Å². The third-order valence-electron chi connectivity index (χ3n) is 2.94. The second kappa shape index (κ2) is 7.07. The Balaban J connectivity index is 2.43. The minimum atomic E-state index is -0.236. The maximum atomic E-state index is 13.5. The molecular formula is C14H21ClFNO. The molecule has 2 N–H and O–H groups in total. The maximum Gasteiger partial charge on any atom is 0.127 e. The predicted molar refractivity (Wildman–Crippen MR) is 73.2 cm³/mol. The van der Waals surface area contributed by atoms with Gasteiger partial charge < -0.3 is 10.4 Å². The van der Waals surface area contributed by atoms with Crippen LogP contribution in [0.2, 0.25) is 5.02 Å². The van der Waals surface area contributed by atoms with Crippen LogP contribution in [0.5, 0.6) is 0 Å². The van der Waals surface area contributed by atoms with Crippen molar-refractivity contribution in [1.82, 2.24) is 5.32 Å². The minimum Gasteiger partial charge on any atom is -0.396 e. The van der Waals surface area contributed by atoms with E-state index in [1.165, 1.54) is 6.07 Å². The Hall–Kier alpha value is -0.640. The highest BCUT2D eigenvalue weighted by Crippen LogP contribution is 2.21. The first-order valence-electron chi connectivity index (χ1n) is 6.20. The molecule has 4 heteroatoms. The molecule has 102 valence electrons. The van der Waals surface area contributed by atoms with Gasteiger partial charge in [-0.1, -0.05) is 25.4 Å². The Morgan fingerprint density at radius 2 is 2.11 bits per heavy atom. The summed E-state index contributed by atoms with van der Waals surface area (Å²) in [4.78, 5) is 0. The van der Waals surface area contributed by atoms with Crippen molar-refractivity contribution in [2.75, 3.05) is 13.2 Å². The molecule has 2 nitrogen and oxygen atoms in total. The molecule has 0 radical (unpaired) electrons. The van der Waals surface area contributed by atoms with Crippen LogP contribution in [0, 0.1) is 11.2 Å². The van der Waals surface area contributed by atoms with Crippen molar-refractivity contribution in [3.8, 4) is 0 Å². The highest BCUT2D eigenvalue weighted by Gasteiger charge is 2.16. The van der Waals surface area contributed by atoms with Gasteiger partial charge in [-0.3, -0.25) is 0 Å². The molecule has 0 aliphatic heterocycles. The van der Waals surface area contributed by atoms with E-state index in [0.29, 0.717) is 17.1 Å². The van der Waals surface area contributed by atoms with Crippen molar-refractivity contribution in [3.05, 3.63) is 34.6 Å². The molecule has 0 amide bonds. The third kappa shape index (κ3) is 5.34. The number of nitrogens with one attached hydrogen (secondary N) is 1. The molecule has 0 atom stereocenters. The van der Waals surface area contributed by atoms with Gasteiger partial charge in [0.1, 0.15) is 5.82 Å². The van der Waals surface area contributed by atoms with E-state index < -0.39 is 0 Å². The van der Waals surface area contributed by atoms with Crippen molar-refractivity contribution in [2.45, 2.75) is 33.2 Å². The average Bonchev–Trinajstić information content (AvgIpc) is 2.31. The van der Waals surface area contributed by atoms with Crippen LogP contribution < -0.4 is 5.32 Å². The van der Waals surface area contributed by atoms with Crippen molar-refractivity contribution < 1.29 is 9.50 Å². The van der Waals surface area contributed by atoms with Gasteiger partial charge in [0, 0.05) is 30.3 Å². The topological polar surface area (TPSA) is 32.3 Å². The summed E-state index contributed by atoms with van der Waals surface area (Å²) in [7, 11) is 0. The highest BCUT2D eigenvalue weighted by atomic mass is 35.5. The van der Waals surface area contributed by atoms with Crippen LogP contribution in [0.15, 0.2) is 18.2 Å². The van der Waals surface area contributed by atoms with Gasteiger partial charge in [-0.2, -0.15) is 0 Å². The fourth-order valence-electron chi connectivity index (χ4n) is 1.86. The summed E-state index contributed by atoms with van der Waals surface area (Å²) in [5, 5.41) is 12.6. The fraction of sp³-hybridized carbons (Fsp3) is 0.571. The summed E-state index contributed by atoms with van der Waals surface area (Å²) in [5.74, 6) is -0.236. The molecule has 18 heavy (non-hydrogen) atoms. The van der Waals surface area contributed by atoms with Crippen LogP contribution in [-0.2, 0) is 6.54 Å². The van der Waals surface area contributed by atoms with Gasteiger partial charge in [0.25, 0.3) is 0 Å². The zero-order chi connectivity index (χ0) is 13.6. The van der Waals surface area contributed by atoms with Crippen molar-refractivity contribution >= 4 is 11.6 Å². The molecular weight excluding hydrogens is 253 g/mol. The number of benzene rings is 1. The van der Waals surface area contributed by atoms with Gasteiger partial charge >= 0.3 is 0 Å². The normalized spacial score (nSPS) is 11.8. The maximum absolute atomic E-state index is 13.5. The number of aliphatic hydroxyl groups is 1. The Morgan fingerprint density at radius 1 is 1.39 bits per heavy atom. The van der Waals surface area contributed by atoms with E-state index in [4.69, 9.17) is 16.7 Å². The van der Waals surface area contributed by atoms with Crippen LogP contribution in [0.25, 0.3) is 0 Å². The molecule has 1 aromatic carbocycles. The van der Waals surface area contributed by atoms with Crippen LogP contribution in [0.4, 0.5) is 4.39 Å². The van der Waals surface area contributed by atoms with E-state index in [9.17, 15) is 4.39 Å². The van der Waals surface area contributed by atoms with E-state index in [-0.39, 0.29) is 17.8 Å². The lowest BCUT2D eigenvalue weighted by Crippen LogP contribution is -2.29. The minimum absolute atomic E-state index is 0.0950. The van der Waals surface area contributed by atoms with Gasteiger partial charge in [-0.25, -0.2) is 4.39 Å². The molecule has 1 rings (SSSR count). The van der Waals surface area contributed by atoms with Crippen LogP contribution in [-0.4, -0.2) is 18.3 Å². The Kier molecular flexibility index (Phi) is 6.06. The molecule has 0 heterocycles. The Morgan fingerprint density at radius 3 is 2.78 bits per heavy atom. The summed E-state index contributed by atoms with van der Waals surface area (Å²) < 4.78 is 13.5. The van der Waals surface area contributed by atoms with Gasteiger partial charge in [0.2, 0.25) is 0 Å². The van der Waals surface area contributed by atoms with Crippen molar-refractivity contribution in [2.24, 2.45) is 5.41 Å². The molecule has 0 bridgehead atoms. The second-order valence-electron chi connectivity index (χ2n) is 5.33. The average molecular weight is 274 g/mol. The second-order valence-corrected chi connectivity index (χ2v) is 5.77. The smallest absolute Gasteiger partial charge is 0.127 e. The van der Waals surface area contributed by atoms with Crippen LogP contribution in [0.3, 0.4) is 0 Å². The molecule has 0 aliphatic carbocycles. The fourth-order valence-corrected chi connectivity index (χ4v) is 2.06. The summed E-state index contributed by atoms with van der Waals surface area (Å²) in [6.07, 6.45) is 1.73. The summed E-state index contributed by atoms with van der Waals surface area (Å²) >= 11 is 5.83. The molecule has 0 aromatic heterocycles. The van der Waals surface area contributed by atoms with E-state index in [2.05, 4.69) is 19.2 Å². The first-order valence-corrected chi connectivity index (χ1v) is 6.58. The molecule has 0 unspecified atom stereocenters. The summed E-state index contributed by atoms with van der Waals surface area (Å²) in [6, 6.07) is 4.58. The number of rotatable bonds is 7. The quantitative estimate of drug-likeness (QED) is 0.798. The summed E-state index contributed by atoms with van der Waals surface area (Å²) in [5.41, 5.74) is 0.679. The Bertz CT molecular complexity index is 382. The van der Waals surface area contributed by atoms with Gasteiger partial charge in [0.05, 0.1) is 0 Å². The lowest BCUT2D eigenvalue weighted by atomic mass is 9.88. The molecule has 0 fully saturated rings. The monoisotopic (exact) mass is 273 g/mol. The Labute approximate surface area is 113 Å². The number of hydrogen-bond acceptors (Lipinski definition) is 2. The number of aliphatic hydroxyl groups excluding tert-OH is 1. The van der Waals surface area contributed by atoms with Gasteiger partial charge in [0.15, 0.2) is 0 Å². The molecule has 0 saturated carbocycles.